The number of hydrogen-bond acceptors (Lipinski definition) is 5. The first-order valence-electron chi connectivity index (χ1n) is 7.85. The van der Waals surface area contributed by atoms with Gasteiger partial charge in [-0.15, -0.1) is 11.3 Å². The number of carbonyl (C=O) groups excluding carboxylic acids is 1. The maximum atomic E-state index is 12.6. The van der Waals surface area contributed by atoms with Gasteiger partial charge in [-0.3, -0.25) is 4.79 Å². The molecular formula is C17H25N3O2S. The van der Waals surface area contributed by atoms with Crippen LogP contribution in [-0.2, 0) is 0 Å². The maximum absolute atomic E-state index is 12.6. The van der Waals surface area contributed by atoms with Gasteiger partial charge in [0.2, 0.25) is 0 Å². The van der Waals surface area contributed by atoms with Crippen LogP contribution in [0.5, 0.6) is 0 Å². The van der Waals surface area contributed by atoms with Crippen molar-refractivity contribution in [3.05, 3.63) is 28.5 Å². The molecule has 2 aromatic heterocycles. The van der Waals surface area contributed by atoms with Gasteiger partial charge in [0, 0.05) is 19.6 Å². The van der Waals surface area contributed by atoms with Crippen molar-refractivity contribution in [3.63, 3.8) is 0 Å². The zero-order chi connectivity index (χ0) is 17.1. The second-order valence-electron chi connectivity index (χ2n) is 6.27. The Hall–Kier alpha value is -1.66. The SMILES string of the molecule is Cc1ccc(-c2nc(C)c(C(=O)N(C)CCC(N)C(C)C)s2)o1. The normalized spacial score (nSPS) is 12.7. The smallest absolute Gasteiger partial charge is 0.265 e. The molecule has 0 aromatic carbocycles. The topological polar surface area (TPSA) is 72.4 Å². The van der Waals surface area contributed by atoms with Crippen molar-refractivity contribution < 1.29 is 9.21 Å². The highest BCUT2D eigenvalue weighted by atomic mass is 32.1. The summed E-state index contributed by atoms with van der Waals surface area (Å²) < 4.78 is 5.59. The van der Waals surface area contributed by atoms with Crippen molar-refractivity contribution in [2.45, 2.75) is 40.2 Å². The van der Waals surface area contributed by atoms with Crippen LogP contribution in [0.1, 0.15) is 41.4 Å². The van der Waals surface area contributed by atoms with E-state index in [1.807, 2.05) is 33.0 Å². The van der Waals surface area contributed by atoms with Crippen LogP contribution in [0.3, 0.4) is 0 Å². The molecular weight excluding hydrogens is 310 g/mol. The van der Waals surface area contributed by atoms with Crippen molar-refractivity contribution in [3.8, 4) is 10.8 Å². The average molecular weight is 335 g/mol. The van der Waals surface area contributed by atoms with Gasteiger partial charge in [-0.25, -0.2) is 4.98 Å². The summed E-state index contributed by atoms with van der Waals surface area (Å²) in [6.07, 6.45) is 0.794. The molecule has 1 atom stereocenters. The van der Waals surface area contributed by atoms with Crippen LogP contribution in [0, 0.1) is 19.8 Å². The molecule has 0 aliphatic heterocycles. The fourth-order valence-corrected chi connectivity index (χ4v) is 3.22. The Labute approximate surface area is 141 Å². The third-order valence-electron chi connectivity index (χ3n) is 3.94. The second-order valence-corrected chi connectivity index (χ2v) is 7.27. The summed E-state index contributed by atoms with van der Waals surface area (Å²) in [6.45, 7) is 8.58. The van der Waals surface area contributed by atoms with E-state index < -0.39 is 0 Å². The summed E-state index contributed by atoms with van der Waals surface area (Å²) in [4.78, 5) is 19.5. The van der Waals surface area contributed by atoms with Crippen molar-refractivity contribution in [2.75, 3.05) is 13.6 Å². The molecule has 6 heteroatoms. The predicted molar refractivity (Wildman–Crippen MR) is 93.7 cm³/mol. The third-order valence-corrected chi connectivity index (χ3v) is 5.10. The number of furan rings is 1. The number of carbonyl (C=O) groups is 1. The Bertz CT molecular complexity index is 675. The van der Waals surface area contributed by atoms with E-state index in [0.717, 1.165) is 22.9 Å². The average Bonchev–Trinajstić information content (AvgIpc) is 3.09. The van der Waals surface area contributed by atoms with Gasteiger partial charge in [0.1, 0.15) is 10.6 Å². The molecule has 0 saturated carbocycles. The summed E-state index contributed by atoms with van der Waals surface area (Å²) in [5.74, 6) is 1.95. The van der Waals surface area contributed by atoms with E-state index in [4.69, 9.17) is 10.2 Å². The summed E-state index contributed by atoms with van der Waals surface area (Å²) in [6, 6.07) is 3.88. The van der Waals surface area contributed by atoms with Crippen LogP contribution in [-0.4, -0.2) is 35.4 Å². The van der Waals surface area contributed by atoms with Crippen LogP contribution in [0.4, 0.5) is 0 Å². The number of hydrogen-bond donors (Lipinski definition) is 1. The Morgan fingerprint density at radius 2 is 2.09 bits per heavy atom. The van der Waals surface area contributed by atoms with Gasteiger partial charge in [0.25, 0.3) is 5.91 Å². The van der Waals surface area contributed by atoms with Crippen LogP contribution in [0.15, 0.2) is 16.5 Å². The van der Waals surface area contributed by atoms with Crippen molar-refractivity contribution in [1.29, 1.82) is 0 Å². The minimum atomic E-state index is -0.00881. The van der Waals surface area contributed by atoms with Gasteiger partial charge in [0.05, 0.1) is 5.69 Å². The van der Waals surface area contributed by atoms with Gasteiger partial charge in [0.15, 0.2) is 10.8 Å². The molecule has 0 radical (unpaired) electrons. The lowest BCUT2D eigenvalue weighted by molar-refractivity contribution is 0.0793. The Morgan fingerprint density at radius 1 is 1.39 bits per heavy atom. The van der Waals surface area contributed by atoms with E-state index in [2.05, 4.69) is 18.8 Å². The first-order valence-corrected chi connectivity index (χ1v) is 8.66. The number of thiazole rings is 1. The molecule has 0 aliphatic rings. The highest BCUT2D eigenvalue weighted by molar-refractivity contribution is 7.17. The number of aromatic nitrogens is 1. The van der Waals surface area contributed by atoms with Crippen molar-refractivity contribution >= 4 is 17.2 Å². The molecule has 2 rings (SSSR count). The van der Waals surface area contributed by atoms with Crippen LogP contribution in [0.25, 0.3) is 10.8 Å². The molecule has 5 nitrogen and oxygen atoms in total. The first kappa shape index (κ1) is 17.7. The standard InChI is InChI=1S/C17H25N3O2S/c1-10(2)13(18)8-9-20(5)17(21)15-12(4)19-16(23-15)14-7-6-11(3)22-14/h6-7,10,13H,8-9,18H2,1-5H3. The number of rotatable bonds is 6. The molecule has 0 bridgehead atoms. The quantitative estimate of drug-likeness (QED) is 0.877. The van der Waals surface area contributed by atoms with Crippen LogP contribution in [0.2, 0.25) is 0 Å². The van der Waals surface area contributed by atoms with E-state index in [1.54, 1.807) is 4.90 Å². The fraction of sp³-hybridized carbons (Fsp3) is 0.529. The number of aryl methyl sites for hydroxylation is 2. The summed E-state index contributed by atoms with van der Waals surface area (Å²) in [5, 5.41) is 0.742. The second kappa shape index (κ2) is 7.27. The van der Waals surface area contributed by atoms with Gasteiger partial charge >= 0.3 is 0 Å². The zero-order valence-electron chi connectivity index (χ0n) is 14.4. The highest BCUT2D eigenvalue weighted by Gasteiger charge is 2.21. The molecule has 23 heavy (non-hydrogen) atoms. The molecule has 0 saturated heterocycles. The van der Waals surface area contributed by atoms with Crippen LogP contribution < -0.4 is 5.73 Å². The monoisotopic (exact) mass is 335 g/mol. The first-order chi connectivity index (χ1) is 10.8. The zero-order valence-corrected chi connectivity index (χ0v) is 15.2. The lowest BCUT2D eigenvalue weighted by Crippen LogP contribution is -2.34. The minimum Gasteiger partial charge on any atom is -0.459 e. The summed E-state index contributed by atoms with van der Waals surface area (Å²) >= 11 is 1.38. The third kappa shape index (κ3) is 4.20. The van der Waals surface area contributed by atoms with Crippen LogP contribution >= 0.6 is 11.3 Å². The van der Waals surface area contributed by atoms with E-state index in [0.29, 0.717) is 23.1 Å². The van der Waals surface area contributed by atoms with E-state index in [9.17, 15) is 4.79 Å². The van der Waals surface area contributed by atoms with E-state index >= 15 is 0 Å². The Kier molecular flexibility index (Phi) is 5.59. The largest absolute Gasteiger partial charge is 0.459 e. The van der Waals surface area contributed by atoms with Gasteiger partial charge in [-0.1, -0.05) is 13.8 Å². The molecule has 1 amide bonds. The van der Waals surface area contributed by atoms with Gasteiger partial charge in [-0.2, -0.15) is 0 Å². The maximum Gasteiger partial charge on any atom is 0.265 e. The molecule has 1 unspecified atom stereocenters. The van der Waals surface area contributed by atoms with Crippen molar-refractivity contribution in [2.24, 2.45) is 11.7 Å². The van der Waals surface area contributed by atoms with Gasteiger partial charge in [-0.05, 0) is 38.3 Å². The lowest BCUT2D eigenvalue weighted by atomic mass is 10.0. The van der Waals surface area contributed by atoms with Crippen molar-refractivity contribution in [1.82, 2.24) is 9.88 Å². The summed E-state index contributed by atoms with van der Waals surface area (Å²) in [5.41, 5.74) is 6.80. The summed E-state index contributed by atoms with van der Waals surface area (Å²) in [7, 11) is 1.81. The Morgan fingerprint density at radius 3 is 2.65 bits per heavy atom. The van der Waals surface area contributed by atoms with E-state index in [1.165, 1.54) is 11.3 Å². The molecule has 2 heterocycles. The molecule has 2 N–H and O–H groups in total. The highest BCUT2D eigenvalue weighted by Crippen LogP contribution is 2.29. The fourth-order valence-electron chi connectivity index (χ4n) is 2.20. The van der Waals surface area contributed by atoms with Gasteiger partial charge < -0.3 is 15.1 Å². The number of nitrogens with two attached hydrogens (primary N) is 1. The minimum absolute atomic E-state index is 0.00881. The van der Waals surface area contributed by atoms with E-state index in [-0.39, 0.29) is 11.9 Å². The molecule has 126 valence electrons. The number of nitrogens with zero attached hydrogens (tertiary/aromatic N) is 2. The molecule has 0 aliphatic carbocycles. The number of amides is 1. The molecule has 0 spiro atoms. The molecule has 2 aromatic rings. The molecule has 0 fully saturated rings. The lowest BCUT2D eigenvalue weighted by Gasteiger charge is -2.21. The predicted octanol–water partition coefficient (Wildman–Crippen LogP) is 3.47. The Balaban J connectivity index is 2.09.